The lowest BCUT2D eigenvalue weighted by Gasteiger charge is -2.21. The third-order valence-electron chi connectivity index (χ3n) is 5.59. The third-order valence-corrected chi connectivity index (χ3v) is 5.59. The Balaban J connectivity index is 1.90. The summed E-state index contributed by atoms with van der Waals surface area (Å²) in [6.45, 7) is 12.2. The smallest absolute Gasteiger partial charge is 0.347 e. The SMILES string of the molecule is CCOC(=O)C(C)CC(Oc1ccc2c(c1)OCCn1cc(/C(=N/C(C)=N)NC(C)C)nc1-2)C(=O)OCC. The first-order valence-electron chi connectivity index (χ1n) is 12.9. The van der Waals surface area contributed by atoms with E-state index in [9.17, 15) is 9.59 Å². The number of aromatic nitrogens is 2. The highest BCUT2D eigenvalue weighted by atomic mass is 16.6. The lowest BCUT2D eigenvalue weighted by Crippen LogP contribution is -2.33. The van der Waals surface area contributed by atoms with Gasteiger partial charge in [-0.2, -0.15) is 0 Å². The quantitative estimate of drug-likeness (QED) is 0.272. The van der Waals surface area contributed by atoms with E-state index in [4.69, 9.17) is 29.3 Å². The minimum atomic E-state index is -0.989. The summed E-state index contributed by atoms with van der Waals surface area (Å²) in [5.41, 5.74) is 1.38. The predicted molar refractivity (Wildman–Crippen MR) is 143 cm³/mol. The van der Waals surface area contributed by atoms with Crippen LogP contribution in [0.15, 0.2) is 29.4 Å². The molecule has 0 saturated heterocycles. The van der Waals surface area contributed by atoms with E-state index in [1.54, 1.807) is 39.8 Å². The number of nitrogens with one attached hydrogen (secondary N) is 2. The van der Waals surface area contributed by atoms with Crippen molar-refractivity contribution in [1.82, 2.24) is 14.9 Å². The average molecular weight is 528 g/mol. The van der Waals surface area contributed by atoms with Gasteiger partial charge < -0.3 is 28.8 Å². The van der Waals surface area contributed by atoms with Crippen LogP contribution in [0.1, 0.15) is 53.7 Å². The van der Waals surface area contributed by atoms with Gasteiger partial charge in [-0.05, 0) is 46.8 Å². The van der Waals surface area contributed by atoms with Gasteiger partial charge in [-0.1, -0.05) is 6.92 Å². The molecule has 1 aromatic carbocycles. The molecule has 206 valence electrons. The minimum absolute atomic E-state index is 0.112. The van der Waals surface area contributed by atoms with E-state index in [0.717, 1.165) is 5.56 Å². The van der Waals surface area contributed by atoms with Crippen molar-refractivity contribution in [3.63, 3.8) is 0 Å². The average Bonchev–Trinajstić information content (AvgIpc) is 3.19. The number of fused-ring (bicyclic) bond motifs is 3. The fourth-order valence-corrected chi connectivity index (χ4v) is 3.95. The number of carbonyl (C=O) groups excluding carboxylic acids is 2. The number of esters is 2. The topological polar surface area (TPSA) is 137 Å². The molecule has 3 rings (SSSR count). The van der Waals surface area contributed by atoms with E-state index in [-0.39, 0.29) is 31.5 Å². The van der Waals surface area contributed by atoms with Gasteiger partial charge in [-0.3, -0.25) is 10.2 Å². The molecule has 2 heterocycles. The van der Waals surface area contributed by atoms with Crippen LogP contribution in [-0.2, 0) is 25.6 Å². The molecule has 0 amide bonds. The second-order valence-electron chi connectivity index (χ2n) is 9.24. The van der Waals surface area contributed by atoms with E-state index in [0.29, 0.717) is 42.0 Å². The Morgan fingerprint density at radius 2 is 1.89 bits per heavy atom. The van der Waals surface area contributed by atoms with Gasteiger partial charge in [0, 0.05) is 24.7 Å². The Bertz CT molecular complexity index is 1190. The fraction of sp³-hybridized carbons (Fsp3) is 0.519. The molecular weight excluding hydrogens is 490 g/mol. The summed E-state index contributed by atoms with van der Waals surface area (Å²) in [5.74, 6) is 0.861. The van der Waals surface area contributed by atoms with Crippen LogP contribution in [0.4, 0.5) is 0 Å². The number of aliphatic imine (C=N–C) groups is 1. The molecule has 0 aliphatic carbocycles. The van der Waals surface area contributed by atoms with Gasteiger partial charge in [-0.15, -0.1) is 0 Å². The summed E-state index contributed by atoms with van der Waals surface area (Å²) >= 11 is 0. The Morgan fingerprint density at radius 1 is 1.18 bits per heavy atom. The first-order chi connectivity index (χ1) is 18.1. The van der Waals surface area contributed by atoms with Crippen molar-refractivity contribution in [3.05, 3.63) is 30.1 Å². The first kappa shape index (κ1) is 28.7. The monoisotopic (exact) mass is 527 g/mol. The molecular formula is C27H37N5O6. The maximum Gasteiger partial charge on any atom is 0.347 e. The van der Waals surface area contributed by atoms with Gasteiger partial charge in [-0.25, -0.2) is 14.8 Å². The van der Waals surface area contributed by atoms with Gasteiger partial charge in [0.1, 0.15) is 35.5 Å². The molecule has 2 N–H and O–H groups in total. The van der Waals surface area contributed by atoms with Crippen molar-refractivity contribution in [2.45, 2.75) is 66.7 Å². The molecule has 1 aliphatic rings. The van der Waals surface area contributed by atoms with Crippen LogP contribution in [0.5, 0.6) is 11.5 Å². The molecule has 0 spiro atoms. The summed E-state index contributed by atoms with van der Waals surface area (Å²) in [5, 5.41) is 11.1. The van der Waals surface area contributed by atoms with Crippen molar-refractivity contribution in [2.24, 2.45) is 10.9 Å². The highest BCUT2D eigenvalue weighted by Gasteiger charge is 2.29. The standard InChI is InChI=1S/C27H37N5O6/c1-7-35-26(33)17(5)13-23(27(34)36-8-2)38-19-9-10-20-22(14-19)37-12-11-32-15-21(31-25(20)32)24(29-16(3)4)30-18(6)28/h9-10,14-17,23H,7-8,11-13H2,1-6H3,(H2,28,29,30). The van der Waals surface area contributed by atoms with Gasteiger partial charge in [0.05, 0.1) is 31.2 Å². The Labute approximate surface area is 223 Å². The van der Waals surface area contributed by atoms with E-state index < -0.39 is 24.0 Å². The zero-order chi connectivity index (χ0) is 27.8. The molecule has 0 saturated carbocycles. The zero-order valence-corrected chi connectivity index (χ0v) is 22.9. The van der Waals surface area contributed by atoms with Crippen LogP contribution in [0.3, 0.4) is 0 Å². The molecule has 0 bridgehead atoms. The van der Waals surface area contributed by atoms with E-state index in [1.165, 1.54) is 0 Å². The van der Waals surface area contributed by atoms with Gasteiger partial charge >= 0.3 is 11.9 Å². The molecule has 2 aromatic rings. The van der Waals surface area contributed by atoms with Crippen molar-refractivity contribution >= 4 is 23.6 Å². The highest BCUT2D eigenvalue weighted by Crippen LogP contribution is 2.35. The van der Waals surface area contributed by atoms with Crippen molar-refractivity contribution in [3.8, 4) is 22.9 Å². The van der Waals surface area contributed by atoms with Crippen LogP contribution in [0.2, 0.25) is 0 Å². The number of imidazole rings is 1. The number of carbonyl (C=O) groups is 2. The molecule has 38 heavy (non-hydrogen) atoms. The largest absolute Gasteiger partial charge is 0.491 e. The van der Waals surface area contributed by atoms with Crippen LogP contribution in [-0.4, -0.2) is 65.1 Å². The van der Waals surface area contributed by atoms with Crippen LogP contribution >= 0.6 is 0 Å². The summed E-state index contributed by atoms with van der Waals surface area (Å²) in [6.07, 6.45) is 1.01. The summed E-state index contributed by atoms with van der Waals surface area (Å²) in [7, 11) is 0. The van der Waals surface area contributed by atoms with E-state index in [1.807, 2.05) is 30.7 Å². The number of ether oxygens (including phenoxy) is 4. The van der Waals surface area contributed by atoms with Crippen molar-refractivity contribution in [1.29, 1.82) is 5.41 Å². The Hall–Kier alpha value is -3.89. The van der Waals surface area contributed by atoms with E-state index >= 15 is 0 Å². The van der Waals surface area contributed by atoms with Crippen molar-refractivity contribution in [2.75, 3.05) is 19.8 Å². The number of rotatable bonds is 10. The van der Waals surface area contributed by atoms with Crippen LogP contribution in [0.25, 0.3) is 11.4 Å². The fourth-order valence-electron chi connectivity index (χ4n) is 3.95. The summed E-state index contributed by atoms with van der Waals surface area (Å²) < 4.78 is 24.2. The van der Waals surface area contributed by atoms with Crippen LogP contribution < -0.4 is 14.8 Å². The normalized spacial score (nSPS) is 14.3. The first-order valence-corrected chi connectivity index (χ1v) is 12.9. The van der Waals surface area contributed by atoms with Crippen molar-refractivity contribution < 1.29 is 28.5 Å². The number of hydrogen-bond acceptors (Lipinski definition) is 8. The maximum atomic E-state index is 12.6. The zero-order valence-electron chi connectivity index (χ0n) is 22.9. The number of nitrogens with zero attached hydrogens (tertiary/aromatic N) is 3. The molecule has 2 atom stereocenters. The molecule has 0 fully saturated rings. The molecule has 11 nitrogen and oxygen atoms in total. The lowest BCUT2D eigenvalue weighted by molar-refractivity contribution is -0.154. The summed E-state index contributed by atoms with van der Waals surface area (Å²) in [6, 6.07) is 5.38. The molecule has 2 unspecified atom stereocenters. The van der Waals surface area contributed by atoms with Gasteiger partial charge in [0.25, 0.3) is 0 Å². The molecule has 11 heteroatoms. The Morgan fingerprint density at radius 3 is 2.55 bits per heavy atom. The maximum absolute atomic E-state index is 12.6. The minimum Gasteiger partial charge on any atom is -0.491 e. The number of hydrogen-bond donors (Lipinski definition) is 2. The van der Waals surface area contributed by atoms with Gasteiger partial charge in [0.15, 0.2) is 11.9 Å². The molecule has 0 radical (unpaired) electrons. The third kappa shape index (κ3) is 7.33. The second-order valence-corrected chi connectivity index (χ2v) is 9.24. The lowest BCUT2D eigenvalue weighted by atomic mass is 10.0. The van der Waals surface area contributed by atoms with E-state index in [2.05, 4.69) is 10.3 Å². The highest BCUT2D eigenvalue weighted by molar-refractivity contribution is 6.04. The second kappa shape index (κ2) is 13.1. The predicted octanol–water partition coefficient (Wildman–Crippen LogP) is 3.58. The number of amidine groups is 2. The molecule has 1 aromatic heterocycles. The van der Waals surface area contributed by atoms with Crippen LogP contribution in [0, 0.1) is 11.3 Å². The van der Waals surface area contributed by atoms with Gasteiger partial charge in [0.2, 0.25) is 0 Å². The number of benzene rings is 1. The Kier molecular flexibility index (Phi) is 9.86. The molecule has 1 aliphatic heterocycles. The summed E-state index contributed by atoms with van der Waals surface area (Å²) in [4.78, 5) is 33.9.